The predicted molar refractivity (Wildman–Crippen MR) is 68.1 cm³/mol. The number of imidazole rings is 1. The van der Waals surface area contributed by atoms with Crippen LogP contribution < -0.4 is 5.73 Å². The Labute approximate surface area is 113 Å². The minimum atomic E-state index is -4.56. The van der Waals surface area contributed by atoms with Crippen molar-refractivity contribution in [2.45, 2.75) is 31.0 Å². The van der Waals surface area contributed by atoms with Gasteiger partial charge in [0.25, 0.3) is 0 Å². The summed E-state index contributed by atoms with van der Waals surface area (Å²) >= 11 is 0. The van der Waals surface area contributed by atoms with Gasteiger partial charge in [-0.1, -0.05) is 0 Å². The molecule has 0 unspecified atom stereocenters. The third-order valence-electron chi connectivity index (χ3n) is 3.99. The number of halogens is 3. The number of anilines is 1. The summed E-state index contributed by atoms with van der Waals surface area (Å²) in [4.78, 5) is 3.69. The minimum Gasteiger partial charge on any atom is -0.399 e. The maximum Gasteiger partial charge on any atom is 0.449 e. The average Bonchev–Trinajstić information content (AvgIpc) is 2.67. The number of aliphatic hydroxyl groups excluding tert-OH is 1. The Morgan fingerprint density at radius 2 is 2.05 bits per heavy atom. The highest BCUT2D eigenvalue weighted by Crippen LogP contribution is 2.45. The van der Waals surface area contributed by atoms with Crippen LogP contribution in [-0.4, -0.2) is 21.3 Å². The fraction of sp³-hybridized carbons (Fsp3) is 0.462. The van der Waals surface area contributed by atoms with E-state index >= 15 is 0 Å². The molecule has 1 aliphatic carbocycles. The van der Waals surface area contributed by atoms with E-state index in [1.807, 2.05) is 0 Å². The van der Waals surface area contributed by atoms with Crippen LogP contribution in [0.1, 0.15) is 25.1 Å². The minimum absolute atomic E-state index is 0.206. The van der Waals surface area contributed by atoms with Crippen molar-refractivity contribution >= 4 is 16.7 Å². The van der Waals surface area contributed by atoms with Crippen LogP contribution >= 0.6 is 0 Å². The smallest absolute Gasteiger partial charge is 0.399 e. The Hall–Kier alpha value is -1.76. The molecule has 1 fully saturated rings. The van der Waals surface area contributed by atoms with Gasteiger partial charge in [0.05, 0.1) is 23.2 Å². The van der Waals surface area contributed by atoms with E-state index in [1.165, 1.54) is 12.1 Å². The van der Waals surface area contributed by atoms with Gasteiger partial charge in [-0.05, 0) is 37.5 Å². The van der Waals surface area contributed by atoms with E-state index in [2.05, 4.69) is 4.98 Å². The third-order valence-corrected chi connectivity index (χ3v) is 3.99. The lowest BCUT2D eigenvalue weighted by atomic mass is 9.77. The molecule has 0 saturated heterocycles. The van der Waals surface area contributed by atoms with Crippen molar-refractivity contribution in [1.29, 1.82) is 0 Å². The zero-order valence-corrected chi connectivity index (χ0v) is 10.6. The van der Waals surface area contributed by atoms with Crippen molar-refractivity contribution < 1.29 is 18.3 Å². The quantitative estimate of drug-likeness (QED) is 0.833. The van der Waals surface area contributed by atoms with Gasteiger partial charge in [0.2, 0.25) is 5.82 Å². The Balaban J connectivity index is 2.32. The van der Waals surface area contributed by atoms with Gasteiger partial charge in [0, 0.05) is 5.69 Å². The lowest BCUT2D eigenvalue weighted by molar-refractivity contribution is -0.151. The SMILES string of the molecule is Nc1ccc2c(c1)nc(C(F)(F)F)n2C1(CO)CCC1. The van der Waals surface area contributed by atoms with Crippen LogP contribution in [0.15, 0.2) is 18.2 Å². The molecule has 1 aromatic heterocycles. The number of aromatic nitrogens is 2. The van der Waals surface area contributed by atoms with Gasteiger partial charge in [-0.25, -0.2) is 4.98 Å². The second kappa shape index (κ2) is 4.12. The number of nitrogens with two attached hydrogens (primary N) is 1. The maximum atomic E-state index is 13.2. The summed E-state index contributed by atoms with van der Waals surface area (Å²) in [5.74, 6) is -0.966. The van der Waals surface area contributed by atoms with Gasteiger partial charge in [0.1, 0.15) is 0 Å². The van der Waals surface area contributed by atoms with E-state index < -0.39 is 17.5 Å². The molecule has 3 N–H and O–H groups in total. The molecule has 4 nitrogen and oxygen atoms in total. The van der Waals surface area contributed by atoms with E-state index in [0.29, 0.717) is 24.0 Å². The van der Waals surface area contributed by atoms with E-state index in [9.17, 15) is 18.3 Å². The van der Waals surface area contributed by atoms with Crippen LogP contribution in [0.2, 0.25) is 0 Å². The summed E-state index contributed by atoms with van der Waals surface area (Å²) in [5, 5.41) is 9.57. The average molecular weight is 285 g/mol. The lowest BCUT2D eigenvalue weighted by Crippen LogP contribution is -2.45. The monoisotopic (exact) mass is 285 g/mol. The third kappa shape index (κ3) is 1.76. The van der Waals surface area contributed by atoms with Crippen molar-refractivity contribution in [3.05, 3.63) is 24.0 Å². The van der Waals surface area contributed by atoms with Crippen LogP contribution in [0.4, 0.5) is 18.9 Å². The fourth-order valence-electron chi connectivity index (χ4n) is 2.80. The molecule has 0 bridgehead atoms. The number of rotatable bonds is 2. The first-order chi connectivity index (χ1) is 9.37. The van der Waals surface area contributed by atoms with Crippen molar-refractivity contribution in [2.24, 2.45) is 0 Å². The number of fused-ring (bicyclic) bond motifs is 1. The second-order valence-corrected chi connectivity index (χ2v) is 5.25. The van der Waals surface area contributed by atoms with E-state index in [0.717, 1.165) is 11.0 Å². The fourth-order valence-corrected chi connectivity index (χ4v) is 2.80. The van der Waals surface area contributed by atoms with Crippen molar-refractivity contribution in [3.8, 4) is 0 Å². The van der Waals surface area contributed by atoms with Crippen molar-refractivity contribution in [3.63, 3.8) is 0 Å². The van der Waals surface area contributed by atoms with Gasteiger partial charge >= 0.3 is 6.18 Å². The number of nitrogens with zero attached hydrogens (tertiary/aromatic N) is 2. The van der Waals surface area contributed by atoms with Crippen LogP contribution in [0.5, 0.6) is 0 Å². The first kappa shape index (κ1) is 13.2. The first-order valence-corrected chi connectivity index (χ1v) is 6.34. The van der Waals surface area contributed by atoms with E-state index in [4.69, 9.17) is 5.73 Å². The highest BCUT2D eigenvalue weighted by atomic mass is 19.4. The molecule has 1 aromatic carbocycles. The molecule has 0 aliphatic heterocycles. The molecule has 2 aromatic rings. The summed E-state index contributed by atoms with van der Waals surface area (Å²) in [5.41, 5.74) is 5.64. The Bertz CT molecular complexity index is 653. The number of nitrogen functional groups attached to an aromatic ring is 1. The molecule has 0 radical (unpaired) electrons. The predicted octanol–water partition coefficient (Wildman–Crippen LogP) is 2.51. The Kier molecular flexibility index (Phi) is 2.72. The van der Waals surface area contributed by atoms with Crippen LogP contribution in [0, 0.1) is 0 Å². The summed E-state index contributed by atoms with van der Waals surface area (Å²) in [6, 6.07) is 4.50. The van der Waals surface area contributed by atoms with Crippen molar-refractivity contribution in [1.82, 2.24) is 9.55 Å². The second-order valence-electron chi connectivity index (χ2n) is 5.25. The number of aliphatic hydroxyl groups is 1. The first-order valence-electron chi connectivity index (χ1n) is 6.34. The van der Waals surface area contributed by atoms with Gasteiger partial charge in [-0.2, -0.15) is 13.2 Å². The van der Waals surface area contributed by atoms with E-state index in [-0.39, 0.29) is 12.1 Å². The summed E-state index contributed by atoms with van der Waals surface area (Å²) in [7, 11) is 0. The Morgan fingerprint density at radius 1 is 1.35 bits per heavy atom. The molecular weight excluding hydrogens is 271 g/mol. The summed E-state index contributed by atoms with van der Waals surface area (Å²) in [6.45, 7) is -0.327. The molecule has 0 amide bonds. The number of benzene rings is 1. The molecule has 108 valence electrons. The molecule has 1 saturated carbocycles. The summed E-state index contributed by atoms with van der Waals surface area (Å²) in [6.07, 6.45) is -2.73. The summed E-state index contributed by atoms with van der Waals surface area (Å²) < 4.78 is 40.8. The lowest BCUT2D eigenvalue weighted by Gasteiger charge is -2.43. The molecule has 20 heavy (non-hydrogen) atoms. The zero-order chi connectivity index (χ0) is 14.5. The molecular formula is C13H14F3N3O. The van der Waals surface area contributed by atoms with Gasteiger partial charge < -0.3 is 15.4 Å². The van der Waals surface area contributed by atoms with Gasteiger partial charge in [0.15, 0.2) is 0 Å². The zero-order valence-electron chi connectivity index (χ0n) is 10.6. The highest BCUT2D eigenvalue weighted by molar-refractivity contribution is 5.80. The van der Waals surface area contributed by atoms with Gasteiger partial charge in [-0.15, -0.1) is 0 Å². The molecule has 0 atom stereocenters. The topological polar surface area (TPSA) is 64.1 Å². The molecule has 3 rings (SSSR count). The highest BCUT2D eigenvalue weighted by Gasteiger charge is 2.47. The normalized spacial score (nSPS) is 18.2. The number of hydrogen-bond donors (Lipinski definition) is 2. The van der Waals surface area contributed by atoms with Crippen LogP contribution in [0.3, 0.4) is 0 Å². The number of hydrogen-bond acceptors (Lipinski definition) is 3. The molecule has 0 spiro atoms. The largest absolute Gasteiger partial charge is 0.449 e. The van der Waals surface area contributed by atoms with Crippen molar-refractivity contribution in [2.75, 3.05) is 12.3 Å². The maximum absolute atomic E-state index is 13.2. The molecule has 7 heteroatoms. The van der Waals surface area contributed by atoms with E-state index in [1.54, 1.807) is 6.07 Å². The number of alkyl halides is 3. The standard InChI is InChI=1S/C13H14F3N3O/c14-13(15,16)11-18-9-6-8(17)2-3-10(9)19(11)12(7-20)4-1-5-12/h2-3,6,20H,1,4-5,7,17H2. The molecule has 1 aliphatic rings. The van der Waals surface area contributed by atoms with Crippen LogP contribution in [-0.2, 0) is 11.7 Å². The molecule has 1 heterocycles. The van der Waals surface area contributed by atoms with Gasteiger partial charge in [-0.3, -0.25) is 0 Å². The van der Waals surface area contributed by atoms with Crippen LogP contribution in [0.25, 0.3) is 11.0 Å². The Morgan fingerprint density at radius 3 is 2.55 bits per heavy atom.